The van der Waals surface area contributed by atoms with E-state index >= 15 is 0 Å². The molecule has 0 aliphatic rings. The van der Waals surface area contributed by atoms with Crippen molar-refractivity contribution in [3.8, 4) is 0 Å². The van der Waals surface area contributed by atoms with Crippen LogP contribution in [0.25, 0.3) is 11.0 Å². The fourth-order valence-corrected chi connectivity index (χ4v) is 3.61. The molecule has 31 heavy (non-hydrogen) atoms. The highest BCUT2D eigenvalue weighted by atomic mass is 16.3. The Kier molecular flexibility index (Phi) is 5.36. The van der Waals surface area contributed by atoms with Gasteiger partial charge in [0.25, 0.3) is 0 Å². The number of rotatable bonds is 6. The van der Waals surface area contributed by atoms with Crippen molar-refractivity contribution in [2.24, 2.45) is 14.1 Å². The summed E-state index contributed by atoms with van der Waals surface area (Å²) in [5.41, 5.74) is 2.70. The van der Waals surface area contributed by atoms with Gasteiger partial charge in [-0.15, -0.1) is 0 Å². The van der Waals surface area contributed by atoms with Crippen molar-refractivity contribution in [1.29, 1.82) is 0 Å². The van der Waals surface area contributed by atoms with Gasteiger partial charge in [-0.1, -0.05) is 51.1 Å². The Bertz CT molecular complexity index is 1190. The van der Waals surface area contributed by atoms with Crippen LogP contribution in [0, 0.1) is 0 Å². The molecule has 4 rings (SSSR count). The summed E-state index contributed by atoms with van der Waals surface area (Å²) in [6.07, 6.45) is 1.73. The highest BCUT2D eigenvalue weighted by Crippen LogP contribution is 2.29. The average Bonchev–Trinajstić information content (AvgIpc) is 3.29. The molecular weight excluding hydrogens is 392 g/mol. The highest BCUT2D eigenvalue weighted by molar-refractivity contribution is 5.89. The van der Waals surface area contributed by atoms with E-state index in [9.17, 15) is 5.11 Å². The van der Waals surface area contributed by atoms with E-state index in [4.69, 9.17) is 0 Å². The highest BCUT2D eigenvalue weighted by Gasteiger charge is 2.21. The van der Waals surface area contributed by atoms with Crippen LogP contribution in [0.4, 0.5) is 17.6 Å². The van der Waals surface area contributed by atoms with Crippen molar-refractivity contribution in [3.05, 3.63) is 53.9 Å². The van der Waals surface area contributed by atoms with Crippen LogP contribution in [-0.4, -0.2) is 41.2 Å². The summed E-state index contributed by atoms with van der Waals surface area (Å²) in [5.74, 6) is 1.70. The first-order valence-electron chi connectivity index (χ1n) is 10.2. The zero-order chi connectivity index (χ0) is 22.2. The third kappa shape index (κ3) is 4.22. The number of hydrogen-bond donors (Lipinski definition) is 3. The number of fused-ring (bicyclic) bond motifs is 1. The number of nitrogens with one attached hydrogen (secondary N) is 2. The second kappa shape index (κ2) is 7.99. The normalized spacial score (nSPS) is 12.8. The zero-order valence-corrected chi connectivity index (χ0v) is 18.5. The molecule has 1 aromatic carbocycles. The molecule has 0 saturated heterocycles. The first kappa shape index (κ1) is 20.8. The van der Waals surface area contributed by atoms with Gasteiger partial charge in [0.1, 0.15) is 5.82 Å². The third-order valence-corrected chi connectivity index (χ3v) is 5.17. The van der Waals surface area contributed by atoms with Crippen LogP contribution in [0.1, 0.15) is 38.1 Å². The summed E-state index contributed by atoms with van der Waals surface area (Å²) in [5, 5.41) is 26.2. The van der Waals surface area contributed by atoms with E-state index in [-0.39, 0.29) is 18.1 Å². The summed E-state index contributed by atoms with van der Waals surface area (Å²) in [7, 11) is 3.77. The summed E-state index contributed by atoms with van der Waals surface area (Å²) < 4.78 is 3.57. The Balaban J connectivity index is 1.71. The molecule has 0 radical (unpaired) electrons. The van der Waals surface area contributed by atoms with Crippen molar-refractivity contribution in [2.75, 3.05) is 17.2 Å². The largest absolute Gasteiger partial charge is 0.394 e. The summed E-state index contributed by atoms with van der Waals surface area (Å²) >= 11 is 0. The van der Waals surface area contributed by atoms with E-state index in [1.807, 2.05) is 55.2 Å². The molecular formula is C22H28N8O. The fourth-order valence-electron chi connectivity index (χ4n) is 3.61. The molecule has 0 bridgehead atoms. The molecule has 0 unspecified atom stereocenters. The van der Waals surface area contributed by atoms with Crippen molar-refractivity contribution >= 4 is 28.6 Å². The number of hydrogen-bond acceptors (Lipinski definition) is 7. The maximum Gasteiger partial charge on any atom is 0.227 e. The first-order valence-corrected chi connectivity index (χ1v) is 10.2. The Labute approximate surface area is 181 Å². The molecule has 3 N–H and O–H groups in total. The van der Waals surface area contributed by atoms with Gasteiger partial charge >= 0.3 is 0 Å². The van der Waals surface area contributed by atoms with E-state index in [1.165, 1.54) is 0 Å². The zero-order valence-electron chi connectivity index (χ0n) is 18.5. The molecule has 9 nitrogen and oxygen atoms in total. The van der Waals surface area contributed by atoms with Crippen molar-refractivity contribution in [2.45, 2.75) is 32.2 Å². The van der Waals surface area contributed by atoms with Gasteiger partial charge in [0.05, 0.1) is 24.2 Å². The lowest BCUT2D eigenvalue weighted by Gasteiger charge is -2.17. The van der Waals surface area contributed by atoms with Gasteiger partial charge in [0, 0.05) is 31.3 Å². The second-order valence-corrected chi connectivity index (χ2v) is 8.60. The van der Waals surface area contributed by atoms with Gasteiger partial charge in [0.15, 0.2) is 11.5 Å². The Morgan fingerprint density at radius 2 is 1.81 bits per heavy atom. The van der Waals surface area contributed by atoms with Gasteiger partial charge in [-0.05, 0) is 5.56 Å². The SMILES string of the molecule is Cn1nc(Nc2nc(N[C@H](CO)c3ccccc3)nc3c2cnn3C)cc1C(C)(C)C. The van der Waals surface area contributed by atoms with Crippen LogP contribution in [0.15, 0.2) is 42.6 Å². The number of benzene rings is 1. The predicted octanol–water partition coefficient (Wildman–Crippen LogP) is 3.28. The molecule has 3 aromatic heterocycles. The molecule has 162 valence electrons. The van der Waals surface area contributed by atoms with Gasteiger partial charge in [-0.3, -0.25) is 9.36 Å². The minimum atomic E-state index is -0.331. The maximum atomic E-state index is 9.92. The number of nitrogens with zero attached hydrogens (tertiary/aromatic N) is 6. The topological polar surface area (TPSA) is 106 Å². The molecule has 0 saturated carbocycles. The smallest absolute Gasteiger partial charge is 0.227 e. The lowest BCUT2D eigenvalue weighted by atomic mass is 9.92. The third-order valence-electron chi connectivity index (χ3n) is 5.17. The minimum absolute atomic E-state index is 0.0340. The maximum absolute atomic E-state index is 9.92. The van der Waals surface area contributed by atoms with E-state index in [0.717, 1.165) is 16.6 Å². The van der Waals surface area contributed by atoms with E-state index in [2.05, 4.69) is 51.6 Å². The lowest BCUT2D eigenvalue weighted by molar-refractivity contribution is 0.276. The van der Waals surface area contributed by atoms with Crippen LogP contribution in [0.2, 0.25) is 0 Å². The van der Waals surface area contributed by atoms with Crippen molar-refractivity contribution in [3.63, 3.8) is 0 Å². The predicted molar refractivity (Wildman–Crippen MR) is 121 cm³/mol. The standard InChI is InChI=1S/C22H28N8O/c1-22(2,3)17-11-18(28-29(17)4)25-19-15-12-23-30(5)20(15)27-21(26-19)24-16(13-31)14-9-7-6-8-10-14/h6-12,16,31H,13H2,1-5H3,(H2,24,25,26,27,28)/t16-/m1/s1. The number of aliphatic hydroxyl groups excluding tert-OH is 1. The van der Waals surface area contributed by atoms with Crippen LogP contribution in [0.3, 0.4) is 0 Å². The average molecular weight is 421 g/mol. The van der Waals surface area contributed by atoms with Gasteiger partial charge in [0.2, 0.25) is 5.95 Å². The van der Waals surface area contributed by atoms with E-state index in [0.29, 0.717) is 23.2 Å². The van der Waals surface area contributed by atoms with E-state index < -0.39 is 0 Å². The van der Waals surface area contributed by atoms with Gasteiger partial charge in [-0.25, -0.2) is 0 Å². The first-order chi connectivity index (χ1) is 14.8. The molecule has 0 amide bonds. The molecule has 0 spiro atoms. The second-order valence-electron chi connectivity index (χ2n) is 8.60. The van der Waals surface area contributed by atoms with Crippen LogP contribution >= 0.6 is 0 Å². The fraction of sp³-hybridized carbons (Fsp3) is 0.364. The summed E-state index contributed by atoms with van der Waals surface area (Å²) in [6.45, 7) is 6.37. The van der Waals surface area contributed by atoms with Crippen molar-refractivity contribution < 1.29 is 5.11 Å². The van der Waals surface area contributed by atoms with Crippen LogP contribution < -0.4 is 10.6 Å². The Morgan fingerprint density at radius 1 is 1.06 bits per heavy atom. The molecule has 9 heteroatoms. The summed E-state index contributed by atoms with van der Waals surface area (Å²) in [4.78, 5) is 9.29. The number of aliphatic hydroxyl groups is 1. The van der Waals surface area contributed by atoms with Crippen molar-refractivity contribution in [1.82, 2.24) is 29.5 Å². The molecule has 0 fully saturated rings. The van der Waals surface area contributed by atoms with Gasteiger partial charge < -0.3 is 15.7 Å². The molecule has 4 aromatic rings. The monoisotopic (exact) mass is 420 g/mol. The minimum Gasteiger partial charge on any atom is -0.394 e. The Hall–Kier alpha value is -3.46. The number of anilines is 3. The molecule has 0 aliphatic heterocycles. The summed E-state index contributed by atoms with van der Waals surface area (Å²) in [6, 6.07) is 11.4. The molecule has 3 heterocycles. The lowest BCUT2D eigenvalue weighted by Crippen LogP contribution is -2.17. The quantitative estimate of drug-likeness (QED) is 0.439. The van der Waals surface area contributed by atoms with Crippen LogP contribution in [-0.2, 0) is 19.5 Å². The number of aryl methyl sites for hydroxylation is 2. The van der Waals surface area contributed by atoms with Gasteiger partial charge in [-0.2, -0.15) is 20.2 Å². The number of aromatic nitrogens is 6. The molecule has 1 atom stereocenters. The van der Waals surface area contributed by atoms with Crippen LogP contribution in [0.5, 0.6) is 0 Å². The Morgan fingerprint density at radius 3 is 2.45 bits per heavy atom. The molecule has 0 aliphatic carbocycles. The van der Waals surface area contributed by atoms with E-state index in [1.54, 1.807) is 10.9 Å².